The van der Waals surface area contributed by atoms with Gasteiger partial charge in [-0.3, -0.25) is 4.79 Å². The number of carbonyl (C=O) groups excluding carboxylic acids is 1. The van der Waals surface area contributed by atoms with E-state index in [1.165, 1.54) is 37.6 Å². The van der Waals surface area contributed by atoms with Crippen LogP contribution in [0.2, 0.25) is 5.02 Å². The number of benzene rings is 3. The minimum Gasteiger partial charge on any atom is -0.497 e. The third-order valence-electron chi connectivity index (χ3n) is 4.29. The predicted octanol–water partition coefficient (Wildman–Crippen LogP) is 4.28. The molecule has 8 nitrogen and oxygen atoms in total. The number of nitrogens with zero attached hydrogens (tertiary/aromatic N) is 1. The number of hydrazone groups is 1. The summed E-state index contributed by atoms with van der Waals surface area (Å²) < 4.78 is 41.1. The van der Waals surface area contributed by atoms with Gasteiger partial charge in [-0.1, -0.05) is 29.8 Å². The van der Waals surface area contributed by atoms with E-state index in [1.807, 2.05) is 0 Å². The van der Waals surface area contributed by atoms with Gasteiger partial charge in [0.2, 0.25) is 5.75 Å². The lowest BCUT2D eigenvalue weighted by atomic mass is 10.2. The van der Waals surface area contributed by atoms with Crippen LogP contribution in [-0.4, -0.2) is 34.3 Å². The SMILES string of the molecule is CCOc1cc(/C=N\NC(=O)c2ccc(OC)cc2)cc(Cl)c1OS(=O)(=O)c1ccccc1. The fourth-order valence-corrected chi connectivity index (χ4v) is 4.01. The Morgan fingerprint density at radius 3 is 2.42 bits per heavy atom. The topological polar surface area (TPSA) is 103 Å². The summed E-state index contributed by atoms with van der Waals surface area (Å²) in [5.41, 5.74) is 3.27. The van der Waals surface area contributed by atoms with Crippen LogP contribution in [0.5, 0.6) is 17.2 Å². The number of amides is 1. The average Bonchev–Trinajstić information content (AvgIpc) is 2.82. The van der Waals surface area contributed by atoms with E-state index in [2.05, 4.69) is 10.5 Å². The van der Waals surface area contributed by atoms with Gasteiger partial charge in [-0.15, -0.1) is 0 Å². The Kier molecular flexibility index (Phi) is 7.92. The highest BCUT2D eigenvalue weighted by Gasteiger charge is 2.22. The van der Waals surface area contributed by atoms with Gasteiger partial charge >= 0.3 is 10.1 Å². The smallest absolute Gasteiger partial charge is 0.339 e. The molecule has 3 rings (SSSR count). The maximum atomic E-state index is 12.6. The zero-order valence-corrected chi connectivity index (χ0v) is 19.4. The molecule has 0 atom stereocenters. The molecule has 172 valence electrons. The van der Waals surface area contributed by atoms with E-state index in [9.17, 15) is 13.2 Å². The molecule has 0 aromatic heterocycles. The van der Waals surface area contributed by atoms with Gasteiger partial charge in [0.05, 0.1) is 25.0 Å². The number of hydrogen-bond donors (Lipinski definition) is 1. The first-order valence-corrected chi connectivity index (χ1v) is 11.6. The van der Waals surface area contributed by atoms with Gasteiger partial charge in [-0.05, 0) is 61.0 Å². The Bertz CT molecular complexity index is 1250. The molecular formula is C23H21ClN2O6S. The molecule has 1 N–H and O–H groups in total. The van der Waals surface area contributed by atoms with Crippen molar-refractivity contribution in [1.29, 1.82) is 0 Å². The fraction of sp³-hybridized carbons (Fsp3) is 0.130. The van der Waals surface area contributed by atoms with Gasteiger partial charge in [0, 0.05) is 5.56 Å². The largest absolute Gasteiger partial charge is 0.497 e. The van der Waals surface area contributed by atoms with Gasteiger partial charge in [-0.25, -0.2) is 5.43 Å². The fourth-order valence-electron chi connectivity index (χ4n) is 2.72. The molecule has 0 spiro atoms. The number of halogens is 1. The molecule has 0 aliphatic heterocycles. The van der Waals surface area contributed by atoms with Crippen LogP contribution >= 0.6 is 11.6 Å². The van der Waals surface area contributed by atoms with Crippen molar-refractivity contribution in [1.82, 2.24) is 5.43 Å². The van der Waals surface area contributed by atoms with Crippen molar-refractivity contribution < 1.29 is 26.9 Å². The maximum Gasteiger partial charge on any atom is 0.339 e. The van der Waals surface area contributed by atoms with Crippen LogP contribution in [0.3, 0.4) is 0 Å². The molecule has 3 aromatic rings. The summed E-state index contributed by atoms with van der Waals surface area (Å²) in [6, 6.07) is 17.2. The van der Waals surface area contributed by atoms with Crippen molar-refractivity contribution >= 4 is 33.8 Å². The first-order valence-electron chi connectivity index (χ1n) is 9.77. The normalized spacial score (nSPS) is 11.2. The molecule has 33 heavy (non-hydrogen) atoms. The molecule has 10 heteroatoms. The Hall–Kier alpha value is -3.56. The molecule has 0 unspecified atom stereocenters. The molecule has 0 saturated heterocycles. The lowest BCUT2D eigenvalue weighted by molar-refractivity contribution is 0.0955. The number of nitrogens with one attached hydrogen (secondary N) is 1. The number of rotatable bonds is 9. The monoisotopic (exact) mass is 488 g/mol. The third kappa shape index (κ3) is 6.24. The van der Waals surface area contributed by atoms with Gasteiger partial charge in [-0.2, -0.15) is 13.5 Å². The van der Waals surface area contributed by atoms with Gasteiger partial charge in [0.15, 0.2) is 5.75 Å². The molecule has 0 aliphatic rings. The Balaban J connectivity index is 1.79. The highest BCUT2D eigenvalue weighted by atomic mass is 35.5. The summed E-state index contributed by atoms with van der Waals surface area (Å²) in [7, 11) is -2.58. The number of methoxy groups -OCH3 is 1. The second-order valence-electron chi connectivity index (χ2n) is 6.54. The van der Waals surface area contributed by atoms with E-state index in [1.54, 1.807) is 49.4 Å². The highest BCUT2D eigenvalue weighted by Crippen LogP contribution is 2.38. The van der Waals surface area contributed by atoms with Crippen LogP contribution < -0.4 is 19.1 Å². The van der Waals surface area contributed by atoms with Crippen LogP contribution in [0.15, 0.2) is 76.7 Å². The second-order valence-corrected chi connectivity index (χ2v) is 8.49. The molecule has 0 bridgehead atoms. The van der Waals surface area contributed by atoms with Crippen LogP contribution in [0.25, 0.3) is 0 Å². The standard InChI is InChI=1S/C23H21ClN2O6S/c1-3-31-21-14-16(15-25-26-23(27)17-9-11-18(30-2)12-10-17)13-20(24)22(21)32-33(28,29)19-7-5-4-6-8-19/h4-15H,3H2,1-2H3,(H,26,27)/b25-15-. The van der Waals surface area contributed by atoms with Crippen molar-refractivity contribution in [2.45, 2.75) is 11.8 Å². The highest BCUT2D eigenvalue weighted by molar-refractivity contribution is 7.87. The lowest BCUT2D eigenvalue weighted by Crippen LogP contribution is -2.17. The summed E-state index contributed by atoms with van der Waals surface area (Å²) in [5, 5.41) is 3.93. The van der Waals surface area contributed by atoms with Crippen molar-refractivity contribution in [3.05, 3.63) is 82.9 Å². The lowest BCUT2D eigenvalue weighted by Gasteiger charge is -2.14. The summed E-state index contributed by atoms with van der Waals surface area (Å²) in [6.45, 7) is 1.98. The molecular weight excluding hydrogens is 468 g/mol. The van der Waals surface area contributed by atoms with E-state index < -0.39 is 16.0 Å². The summed E-state index contributed by atoms with van der Waals surface area (Å²) in [4.78, 5) is 12.2. The Morgan fingerprint density at radius 2 is 1.79 bits per heavy atom. The van der Waals surface area contributed by atoms with Gasteiger partial charge in [0.25, 0.3) is 5.91 Å². The first kappa shape index (κ1) is 24.1. The molecule has 0 fully saturated rings. The van der Waals surface area contributed by atoms with Gasteiger partial charge in [0.1, 0.15) is 10.6 Å². The van der Waals surface area contributed by atoms with Crippen molar-refractivity contribution in [3.8, 4) is 17.2 Å². The number of ether oxygens (including phenoxy) is 2. The van der Waals surface area contributed by atoms with Crippen molar-refractivity contribution in [3.63, 3.8) is 0 Å². The van der Waals surface area contributed by atoms with E-state index in [-0.39, 0.29) is 28.0 Å². The molecule has 0 saturated carbocycles. The van der Waals surface area contributed by atoms with Gasteiger partial charge < -0.3 is 13.7 Å². The minimum atomic E-state index is -4.12. The number of hydrogen-bond acceptors (Lipinski definition) is 7. The van der Waals surface area contributed by atoms with E-state index in [0.717, 1.165) is 0 Å². The van der Waals surface area contributed by atoms with E-state index in [0.29, 0.717) is 16.9 Å². The Morgan fingerprint density at radius 1 is 1.09 bits per heavy atom. The first-order chi connectivity index (χ1) is 15.8. The van der Waals surface area contributed by atoms with E-state index in [4.69, 9.17) is 25.3 Å². The average molecular weight is 489 g/mol. The molecule has 0 radical (unpaired) electrons. The van der Waals surface area contributed by atoms with Crippen molar-refractivity contribution in [2.75, 3.05) is 13.7 Å². The zero-order chi connectivity index (χ0) is 23.8. The number of carbonyl (C=O) groups is 1. The third-order valence-corrected chi connectivity index (χ3v) is 5.80. The van der Waals surface area contributed by atoms with Crippen LogP contribution in [0.4, 0.5) is 0 Å². The van der Waals surface area contributed by atoms with Crippen LogP contribution in [0.1, 0.15) is 22.8 Å². The zero-order valence-electron chi connectivity index (χ0n) is 17.8. The maximum absolute atomic E-state index is 12.6. The molecule has 1 amide bonds. The molecule has 0 aliphatic carbocycles. The summed E-state index contributed by atoms with van der Waals surface area (Å²) in [5.74, 6) is 0.192. The predicted molar refractivity (Wildman–Crippen MR) is 125 cm³/mol. The quantitative estimate of drug-likeness (QED) is 0.274. The minimum absolute atomic E-state index is 0.00314. The van der Waals surface area contributed by atoms with E-state index >= 15 is 0 Å². The summed E-state index contributed by atoms with van der Waals surface area (Å²) >= 11 is 6.30. The van der Waals surface area contributed by atoms with Crippen LogP contribution in [0, 0.1) is 0 Å². The van der Waals surface area contributed by atoms with Crippen molar-refractivity contribution in [2.24, 2.45) is 5.10 Å². The Labute approximate surface area is 196 Å². The summed E-state index contributed by atoms with van der Waals surface area (Å²) in [6.07, 6.45) is 1.35. The molecule has 0 heterocycles. The second kappa shape index (κ2) is 10.8. The van der Waals surface area contributed by atoms with Crippen LogP contribution in [-0.2, 0) is 10.1 Å². The molecule has 3 aromatic carbocycles.